The SMILES string of the molecule is CC1C=C(CN2CCC(N)CC2)CC1.OC(S)(c1ccccc1)C1CCCC1. The quantitative estimate of drug-likeness (QED) is 0.388. The molecule has 3 N–H and O–H groups in total. The number of allylic oxidation sites excluding steroid dienone is 1. The van der Waals surface area contributed by atoms with Crippen LogP contribution < -0.4 is 5.73 Å². The van der Waals surface area contributed by atoms with Crippen molar-refractivity contribution in [1.29, 1.82) is 0 Å². The number of piperidine rings is 1. The van der Waals surface area contributed by atoms with Gasteiger partial charge >= 0.3 is 0 Å². The summed E-state index contributed by atoms with van der Waals surface area (Å²) in [6.07, 6.45) is 12.1. The average Bonchev–Trinajstić information content (AvgIpc) is 3.37. The molecule has 1 aromatic rings. The van der Waals surface area contributed by atoms with Gasteiger partial charge in [-0.1, -0.05) is 61.7 Å². The molecule has 0 spiro atoms. The molecule has 0 radical (unpaired) electrons. The maximum Gasteiger partial charge on any atom is 0.136 e. The van der Waals surface area contributed by atoms with E-state index in [1.54, 1.807) is 5.57 Å². The molecule has 1 saturated heterocycles. The number of nitrogens with two attached hydrogens (primary N) is 1. The molecule has 1 heterocycles. The smallest absolute Gasteiger partial charge is 0.136 e. The maximum absolute atomic E-state index is 10.3. The minimum Gasteiger partial charge on any atom is -0.375 e. The van der Waals surface area contributed by atoms with Crippen molar-refractivity contribution in [2.75, 3.05) is 19.6 Å². The fourth-order valence-corrected chi connectivity index (χ4v) is 5.17. The van der Waals surface area contributed by atoms with E-state index in [1.807, 2.05) is 30.3 Å². The van der Waals surface area contributed by atoms with Gasteiger partial charge in [0.05, 0.1) is 0 Å². The minimum absolute atomic E-state index is 0.313. The molecule has 1 saturated carbocycles. The topological polar surface area (TPSA) is 49.5 Å². The number of rotatable bonds is 4. The molecule has 0 amide bonds. The minimum atomic E-state index is -0.933. The van der Waals surface area contributed by atoms with Crippen molar-refractivity contribution in [2.45, 2.75) is 69.3 Å². The Bertz CT molecular complexity index is 617. The van der Waals surface area contributed by atoms with E-state index in [9.17, 15) is 5.11 Å². The largest absolute Gasteiger partial charge is 0.375 e. The van der Waals surface area contributed by atoms with E-state index in [2.05, 4.69) is 30.5 Å². The van der Waals surface area contributed by atoms with E-state index in [1.165, 1.54) is 58.2 Å². The van der Waals surface area contributed by atoms with Crippen LogP contribution in [0.5, 0.6) is 0 Å². The summed E-state index contributed by atoms with van der Waals surface area (Å²) in [7, 11) is 0. The highest BCUT2D eigenvalue weighted by Crippen LogP contribution is 2.42. The van der Waals surface area contributed by atoms with Crippen molar-refractivity contribution >= 4 is 12.6 Å². The predicted molar refractivity (Wildman–Crippen MR) is 121 cm³/mol. The van der Waals surface area contributed by atoms with Crippen LogP contribution >= 0.6 is 12.6 Å². The Morgan fingerprint density at radius 3 is 2.29 bits per heavy atom. The normalized spacial score (nSPS) is 26.4. The zero-order chi connectivity index (χ0) is 20.0. The molecule has 0 bridgehead atoms. The van der Waals surface area contributed by atoms with Gasteiger partial charge in [-0.05, 0) is 63.1 Å². The number of likely N-dealkylation sites (tertiary alicyclic amines) is 1. The van der Waals surface area contributed by atoms with Gasteiger partial charge in [-0.25, -0.2) is 0 Å². The lowest BCUT2D eigenvalue weighted by atomic mass is 9.93. The van der Waals surface area contributed by atoms with Gasteiger partial charge in [0, 0.05) is 18.5 Å². The molecule has 0 aromatic heterocycles. The van der Waals surface area contributed by atoms with Gasteiger partial charge in [0.15, 0.2) is 0 Å². The van der Waals surface area contributed by atoms with Crippen molar-refractivity contribution in [1.82, 2.24) is 4.90 Å². The lowest BCUT2D eigenvalue weighted by molar-refractivity contribution is 0.0746. The molecule has 2 fully saturated rings. The molecule has 2 unspecified atom stereocenters. The summed E-state index contributed by atoms with van der Waals surface area (Å²) in [4.78, 5) is 1.63. The van der Waals surface area contributed by atoms with Gasteiger partial charge in [-0.2, -0.15) is 0 Å². The van der Waals surface area contributed by atoms with E-state index in [-0.39, 0.29) is 0 Å². The van der Waals surface area contributed by atoms with Gasteiger partial charge in [-0.15, -0.1) is 12.6 Å². The first-order valence-electron chi connectivity index (χ1n) is 11.1. The standard InChI is InChI=1S/C12H22N2.C12H16OS/c1-10-2-3-11(8-10)9-14-6-4-12(13)5-7-14;13-12(14,11-8-4-5-9-11)10-6-2-1-3-7-10/h8,10,12H,2-7,9,13H2,1H3;1-3,6-7,11,13-14H,4-5,8-9H2. The summed E-state index contributed by atoms with van der Waals surface area (Å²) in [5.74, 6) is 1.13. The molecule has 2 aliphatic carbocycles. The molecule has 3 aliphatic rings. The van der Waals surface area contributed by atoms with Crippen molar-refractivity contribution in [2.24, 2.45) is 17.6 Å². The first kappa shape index (κ1) is 21.9. The number of benzene rings is 1. The summed E-state index contributed by atoms with van der Waals surface area (Å²) in [6, 6.07) is 10.2. The van der Waals surface area contributed by atoms with Gasteiger partial charge in [0.2, 0.25) is 0 Å². The summed E-state index contributed by atoms with van der Waals surface area (Å²) in [5.41, 5.74) is 8.47. The third kappa shape index (κ3) is 6.09. The van der Waals surface area contributed by atoms with Crippen LogP contribution in [-0.2, 0) is 4.93 Å². The van der Waals surface area contributed by atoms with Crippen LogP contribution in [-0.4, -0.2) is 35.7 Å². The fraction of sp³-hybridized carbons (Fsp3) is 0.667. The number of hydrogen-bond donors (Lipinski definition) is 3. The zero-order valence-corrected chi connectivity index (χ0v) is 18.3. The Hall–Kier alpha value is -0.810. The van der Waals surface area contributed by atoms with E-state index < -0.39 is 4.93 Å². The third-order valence-electron chi connectivity index (χ3n) is 6.62. The molecule has 2 atom stereocenters. The van der Waals surface area contributed by atoms with Crippen LogP contribution in [0.3, 0.4) is 0 Å². The summed E-state index contributed by atoms with van der Waals surface area (Å²) >= 11 is 4.43. The van der Waals surface area contributed by atoms with E-state index in [4.69, 9.17) is 5.73 Å². The third-order valence-corrected chi connectivity index (χ3v) is 7.25. The molecule has 1 aliphatic heterocycles. The molecule has 156 valence electrons. The first-order valence-corrected chi connectivity index (χ1v) is 11.6. The Kier molecular flexibility index (Phi) is 8.04. The van der Waals surface area contributed by atoms with Crippen LogP contribution in [0, 0.1) is 11.8 Å². The van der Waals surface area contributed by atoms with Gasteiger partial charge in [0.25, 0.3) is 0 Å². The van der Waals surface area contributed by atoms with E-state index in [0.717, 1.165) is 24.3 Å². The van der Waals surface area contributed by atoms with Crippen LogP contribution in [0.15, 0.2) is 42.0 Å². The van der Waals surface area contributed by atoms with Gasteiger partial charge in [0.1, 0.15) is 4.93 Å². The number of aliphatic hydroxyl groups is 1. The molecule has 4 rings (SSSR count). The van der Waals surface area contributed by atoms with Crippen LogP contribution in [0.1, 0.15) is 63.9 Å². The highest BCUT2D eigenvalue weighted by Gasteiger charge is 2.36. The van der Waals surface area contributed by atoms with E-state index in [0.29, 0.717) is 12.0 Å². The second-order valence-corrected chi connectivity index (χ2v) is 9.71. The summed E-state index contributed by atoms with van der Waals surface area (Å²) < 4.78 is 0. The Labute approximate surface area is 176 Å². The molecule has 1 aromatic carbocycles. The van der Waals surface area contributed by atoms with Crippen molar-refractivity contribution in [3.63, 3.8) is 0 Å². The predicted octanol–water partition coefficient (Wildman–Crippen LogP) is 4.72. The average molecular weight is 403 g/mol. The van der Waals surface area contributed by atoms with Crippen LogP contribution in [0.25, 0.3) is 0 Å². The number of nitrogens with zero attached hydrogens (tertiary/aromatic N) is 1. The number of hydrogen-bond acceptors (Lipinski definition) is 4. The first-order chi connectivity index (χ1) is 13.4. The van der Waals surface area contributed by atoms with Crippen molar-refractivity contribution < 1.29 is 5.11 Å². The monoisotopic (exact) mass is 402 g/mol. The molecular formula is C24H38N2OS. The van der Waals surface area contributed by atoms with Crippen LogP contribution in [0.2, 0.25) is 0 Å². The lowest BCUT2D eigenvalue weighted by Gasteiger charge is -2.30. The fourth-order valence-electron chi connectivity index (χ4n) is 4.76. The van der Waals surface area contributed by atoms with Gasteiger partial charge in [-0.3, -0.25) is 4.90 Å². The molecular weight excluding hydrogens is 364 g/mol. The molecule has 28 heavy (non-hydrogen) atoms. The zero-order valence-electron chi connectivity index (χ0n) is 17.4. The Balaban J connectivity index is 0.000000161. The highest BCUT2D eigenvalue weighted by molar-refractivity contribution is 7.81. The highest BCUT2D eigenvalue weighted by atomic mass is 32.1. The Morgan fingerprint density at radius 2 is 1.71 bits per heavy atom. The van der Waals surface area contributed by atoms with Crippen LogP contribution in [0.4, 0.5) is 0 Å². The summed E-state index contributed by atoms with van der Waals surface area (Å²) in [6.45, 7) is 5.93. The van der Waals surface area contributed by atoms with Gasteiger partial charge < -0.3 is 10.8 Å². The maximum atomic E-state index is 10.3. The Morgan fingerprint density at radius 1 is 1.07 bits per heavy atom. The molecule has 3 nitrogen and oxygen atoms in total. The second-order valence-electron chi connectivity index (χ2n) is 9.03. The molecule has 4 heteroatoms. The van der Waals surface area contributed by atoms with Crippen molar-refractivity contribution in [3.05, 3.63) is 47.5 Å². The second kappa shape index (κ2) is 10.3. The number of thiol groups is 1. The lowest BCUT2D eigenvalue weighted by Crippen LogP contribution is -2.40. The van der Waals surface area contributed by atoms with Crippen molar-refractivity contribution in [3.8, 4) is 0 Å². The van der Waals surface area contributed by atoms with E-state index >= 15 is 0 Å². The summed E-state index contributed by atoms with van der Waals surface area (Å²) in [5, 5.41) is 10.3.